The van der Waals surface area contributed by atoms with Gasteiger partial charge < -0.3 is 15.2 Å². The largest absolute Gasteiger partial charge is 0.391 e. The summed E-state index contributed by atoms with van der Waals surface area (Å²) in [7, 11) is 1.63. The molecule has 1 fully saturated rings. The lowest BCUT2D eigenvalue weighted by Crippen LogP contribution is -2.45. The highest BCUT2D eigenvalue weighted by atomic mass is 16.5. The molecule has 2 unspecified atom stereocenters. The molecule has 1 saturated carbocycles. The number of hydrogen-bond donors (Lipinski definition) is 2. The summed E-state index contributed by atoms with van der Waals surface area (Å²) >= 11 is 0. The van der Waals surface area contributed by atoms with Gasteiger partial charge in [-0.2, -0.15) is 0 Å². The Bertz CT molecular complexity index is 433. The van der Waals surface area contributed by atoms with E-state index in [4.69, 9.17) is 4.74 Å². The maximum absolute atomic E-state index is 12.2. The number of aliphatic hydroxyl groups is 1. The van der Waals surface area contributed by atoms with E-state index in [2.05, 4.69) is 5.32 Å². The minimum Gasteiger partial charge on any atom is -0.391 e. The van der Waals surface area contributed by atoms with Crippen molar-refractivity contribution in [2.24, 2.45) is 0 Å². The van der Waals surface area contributed by atoms with Gasteiger partial charge in [0.1, 0.15) is 0 Å². The predicted molar refractivity (Wildman–Crippen MR) is 72.9 cm³/mol. The van der Waals surface area contributed by atoms with Crippen LogP contribution in [-0.2, 0) is 11.3 Å². The highest BCUT2D eigenvalue weighted by Crippen LogP contribution is 2.19. The van der Waals surface area contributed by atoms with Crippen molar-refractivity contribution in [1.29, 1.82) is 0 Å². The zero-order chi connectivity index (χ0) is 13.7. The van der Waals surface area contributed by atoms with Crippen LogP contribution in [0.15, 0.2) is 24.3 Å². The number of aliphatic hydroxyl groups excluding tert-OH is 1. The molecule has 0 spiro atoms. The van der Waals surface area contributed by atoms with Gasteiger partial charge in [-0.3, -0.25) is 4.79 Å². The number of amides is 1. The Balaban J connectivity index is 2.00. The lowest BCUT2D eigenvalue weighted by atomic mass is 9.92. The second kappa shape index (κ2) is 6.68. The SMILES string of the molecule is COCc1cccc(C(=O)NC2CCCCC2O)c1. The van der Waals surface area contributed by atoms with Gasteiger partial charge in [0.2, 0.25) is 0 Å². The average molecular weight is 263 g/mol. The third kappa shape index (κ3) is 3.78. The first kappa shape index (κ1) is 14.0. The van der Waals surface area contributed by atoms with Crippen LogP contribution < -0.4 is 5.32 Å². The zero-order valence-corrected chi connectivity index (χ0v) is 11.3. The van der Waals surface area contributed by atoms with Gasteiger partial charge in [0.05, 0.1) is 18.8 Å². The lowest BCUT2D eigenvalue weighted by molar-refractivity contribution is 0.0717. The fraction of sp³-hybridized carbons (Fsp3) is 0.533. The summed E-state index contributed by atoms with van der Waals surface area (Å²) in [5, 5.41) is 12.8. The molecule has 104 valence electrons. The first-order chi connectivity index (χ1) is 9.20. The second-order valence-electron chi connectivity index (χ2n) is 5.07. The van der Waals surface area contributed by atoms with Gasteiger partial charge in [0.25, 0.3) is 5.91 Å². The van der Waals surface area contributed by atoms with Crippen LogP contribution in [-0.4, -0.2) is 30.3 Å². The van der Waals surface area contributed by atoms with Crippen molar-refractivity contribution in [2.45, 2.75) is 44.4 Å². The number of ether oxygens (including phenoxy) is 1. The molecule has 0 bridgehead atoms. The van der Waals surface area contributed by atoms with Crippen LogP contribution in [0.4, 0.5) is 0 Å². The van der Waals surface area contributed by atoms with Crippen LogP contribution in [0, 0.1) is 0 Å². The van der Waals surface area contributed by atoms with Gasteiger partial charge in [0, 0.05) is 12.7 Å². The van der Waals surface area contributed by atoms with Crippen LogP contribution in [0.2, 0.25) is 0 Å². The van der Waals surface area contributed by atoms with Crippen molar-refractivity contribution in [3.8, 4) is 0 Å². The molecule has 0 radical (unpaired) electrons. The van der Waals surface area contributed by atoms with Crippen molar-refractivity contribution in [1.82, 2.24) is 5.32 Å². The first-order valence-electron chi connectivity index (χ1n) is 6.77. The van der Waals surface area contributed by atoms with E-state index < -0.39 is 6.10 Å². The summed E-state index contributed by atoms with van der Waals surface area (Å²) in [6, 6.07) is 7.26. The summed E-state index contributed by atoms with van der Waals surface area (Å²) in [6.45, 7) is 0.493. The van der Waals surface area contributed by atoms with E-state index in [1.807, 2.05) is 18.2 Å². The third-order valence-electron chi connectivity index (χ3n) is 3.55. The Morgan fingerprint density at radius 3 is 2.95 bits per heavy atom. The molecular weight excluding hydrogens is 242 g/mol. The maximum atomic E-state index is 12.2. The highest BCUT2D eigenvalue weighted by molar-refractivity contribution is 5.94. The van der Waals surface area contributed by atoms with Crippen LogP contribution in [0.5, 0.6) is 0 Å². The van der Waals surface area contributed by atoms with E-state index in [1.165, 1.54) is 0 Å². The molecule has 1 amide bonds. The lowest BCUT2D eigenvalue weighted by Gasteiger charge is -2.28. The highest BCUT2D eigenvalue weighted by Gasteiger charge is 2.24. The molecule has 2 rings (SSSR count). The third-order valence-corrected chi connectivity index (χ3v) is 3.55. The molecule has 1 aliphatic rings. The van der Waals surface area contributed by atoms with Gasteiger partial charge in [-0.25, -0.2) is 0 Å². The Morgan fingerprint density at radius 1 is 1.42 bits per heavy atom. The van der Waals surface area contributed by atoms with Gasteiger partial charge in [-0.05, 0) is 30.5 Å². The smallest absolute Gasteiger partial charge is 0.251 e. The molecule has 2 atom stereocenters. The Kier molecular flexibility index (Phi) is 4.93. The molecule has 19 heavy (non-hydrogen) atoms. The van der Waals surface area contributed by atoms with Gasteiger partial charge >= 0.3 is 0 Å². The topological polar surface area (TPSA) is 58.6 Å². The molecular formula is C15H21NO3. The molecule has 0 aliphatic heterocycles. The number of methoxy groups -OCH3 is 1. The van der Waals surface area contributed by atoms with Crippen molar-refractivity contribution >= 4 is 5.91 Å². The van der Waals surface area contributed by atoms with E-state index >= 15 is 0 Å². The fourth-order valence-electron chi connectivity index (χ4n) is 2.50. The number of nitrogens with one attached hydrogen (secondary N) is 1. The molecule has 0 aromatic heterocycles. The van der Waals surface area contributed by atoms with Crippen LogP contribution >= 0.6 is 0 Å². The standard InChI is InChI=1S/C15H21NO3/c1-19-10-11-5-4-6-12(9-11)15(18)16-13-7-2-3-8-14(13)17/h4-6,9,13-14,17H,2-3,7-8,10H2,1H3,(H,16,18). The second-order valence-corrected chi connectivity index (χ2v) is 5.07. The normalized spacial score (nSPS) is 23.1. The number of carbonyl (C=O) groups is 1. The summed E-state index contributed by atoms with van der Waals surface area (Å²) in [6.07, 6.45) is 3.31. The Morgan fingerprint density at radius 2 is 2.21 bits per heavy atom. The summed E-state index contributed by atoms with van der Waals surface area (Å²) < 4.78 is 5.06. The summed E-state index contributed by atoms with van der Waals surface area (Å²) in [5.41, 5.74) is 1.59. The van der Waals surface area contributed by atoms with Crippen LogP contribution in [0.25, 0.3) is 0 Å². The van der Waals surface area contributed by atoms with Gasteiger partial charge in [-0.1, -0.05) is 25.0 Å². The number of benzene rings is 1. The number of hydrogen-bond acceptors (Lipinski definition) is 3. The van der Waals surface area contributed by atoms with Crippen molar-refractivity contribution in [3.63, 3.8) is 0 Å². The van der Waals surface area contributed by atoms with E-state index in [0.717, 1.165) is 31.2 Å². The molecule has 1 aromatic rings. The van der Waals surface area contributed by atoms with E-state index in [1.54, 1.807) is 13.2 Å². The van der Waals surface area contributed by atoms with E-state index in [-0.39, 0.29) is 11.9 Å². The maximum Gasteiger partial charge on any atom is 0.251 e. The Hall–Kier alpha value is -1.39. The molecule has 4 heteroatoms. The van der Waals surface area contributed by atoms with Crippen LogP contribution in [0.1, 0.15) is 41.6 Å². The fourth-order valence-corrected chi connectivity index (χ4v) is 2.50. The zero-order valence-electron chi connectivity index (χ0n) is 11.3. The van der Waals surface area contributed by atoms with Crippen LogP contribution in [0.3, 0.4) is 0 Å². The number of carbonyl (C=O) groups excluding carboxylic acids is 1. The molecule has 0 saturated heterocycles. The molecule has 1 aliphatic carbocycles. The Labute approximate surface area is 113 Å². The molecule has 0 heterocycles. The summed E-state index contributed by atoms with van der Waals surface area (Å²) in [5.74, 6) is -0.121. The van der Waals surface area contributed by atoms with Gasteiger partial charge in [0.15, 0.2) is 0 Å². The van der Waals surface area contributed by atoms with E-state index in [9.17, 15) is 9.90 Å². The van der Waals surface area contributed by atoms with Crippen molar-refractivity contribution in [3.05, 3.63) is 35.4 Å². The summed E-state index contributed by atoms with van der Waals surface area (Å²) in [4.78, 5) is 12.2. The quantitative estimate of drug-likeness (QED) is 0.872. The molecule has 4 nitrogen and oxygen atoms in total. The average Bonchev–Trinajstić information content (AvgIpc) is 2.42. The monoisotopic (exact) mass is 263 g/mol. The van der Waals surface area contributed by atoms with Gasteiger partial charge in [-0.15, -0.1) is 0 Å². The molecule has 1 aromatic carbocycles. The van der Waals surface area contributed by atoms with E-state index in [0.29, 0.717) is 12.2 Å². The minimum atomic E-state index is -0.417. The van der Waals surface area contributed by atoms with Crippen molar-refractivity contribution < 1.29 is 14.6 Å². The van der Waals surface area contributed by atoms with Crippen molar-refractivity contribution in [2.75, 3.05) is 7.11 Å². The first-order valence-corrected chi connectivity index (χ1v) is 6.77. The minimum absolute atomic E-state index is 0.118. The number of rotatable bonds is 4. The molecule has 2 N–H and O–H groups in total. The predicted octanol–water partition coefficient (Wildman–Crippen LogP) is 1.87.